The van der Waals surface area contributed by atoms with Crippen LogP contribution in [0.4, 0.5) is 4.79 Å². The van der Waals surface area contributed by atoms with Crippen molar-refractivity contribution in [1.29, 1.82) is 0 Å². The van der Waals surface area contributed by atoms with E-state index in [4.69, 9.17) is 9.52 Å². The molecular weight excluding hydrogens is 321 g/mol. The largest absolute Gasteiger partial charge is 0.465 e. The summed E-state index contributed by atoms with van der Waals surface area (Å²) < 4.78 is 6.53. The van der Waals surface area contributed by atoms with Crippen LogP contribution in [0.3, 0.4) is 0 Å². The predicted molar refractivity (Wildman–Crippen MR) is 68.7 cm³/mol. The van der Waals surface area contributed by atoms with Gasteiger partial charge in [0.15, 0.2) is 0 Å². The molecule has 0 radical (unpaired) electrons. The van der Waals surface area contributed by atoms with Crippen LogP contribution in [0.2, 0.25) is 0 Å². The van der Waals surface area contributed by atoms with E-state index < -0.39 is 6.09 Å². The molecule has 0 aliphatic rings. The molecular formula is C11H10INO3. The molecule has 4 nitrogen and oxygen atoms in total. The van der Waals surface area contributed by atoms with E-state index in [0.29, 0.717) is 13.0 Å². The van der Waals surface area contributed by atoms with E-state index in [1.807, 2.05) is 18.2 Å². The van der Waals surface area contributed by atoms with Gasteiger partial charge in [-0.15, -0.1) is 0 Å². The summed E-state index contributed by atoms with van der Waals surface area (Å²) in [5, 5.41) is 11.8. The summed E-state index contributed by atoms with van der Waals surface area (Å²) in [6.45, 7) is 0.399. The summed E-state index contributed by atoms with van der Waals surface area (Å²) in [6.07, 6.45) is 1.33. The number of benzene rings is 1. The molecule has 0 saturated carbocycles. The Hall–Kier alpha value is -1.24. The smallest absolute Gasteiger partial charge is 0.404 e. The minimum Gasteiger partial charge on any atom is -0.465 e. The quantitative estimate of drug-likeness (QED) is 0.850. The lowest BCUT2D eigenvalue weighted by Gasteiger charge is -1.99. The maximum Gasteiger partial charge on any atom is 0.404 e. The Labute approximate surface area is 106 Å². The Morgan fingerprint density at radius 1 is 1.50 bits per heavy atom. The molecule has 0 fully saturated rings. The van der Waals surface area contributed by atoms with Crippen molar-refractivity contribution in [3.8, 4) is 0 Å². The zero-order valence-corrected chi connectivity index (χ0v) is 10.5. The highest BCUT2D eigenvalue weighted by atomic mass is 127. The average molecular weight is 331 g/mol. The Kier molecular flexibility index (Phi) is 3.33. The van der Waals surface area contributed by atoms with E-state index in [-0.39, 0.29) is 0 Å². The van der Waals surface area contributed by atoms with Gasteiger partial charge in [-0.25, -0.2) is 4.79 Å². The standard InChI is InChI=1S/C11H10INO3/c12-8-1-2-9-7(3-4-13-11(14)15)6-16-10(9)5-8/h1-2,5-6,13H,3-4H2,(H,14,15). The first-order valence-corrected chi connectivity index (χ1v) is 5.87. The van der Waals surface area contributed by atoms with E-state index in [9.17, 15) is 4.79 Å². The van der Waals surface area contributed by atoms with Crippen molar-refractivity contribution < 1.29 is 14.3 Å². The molecule has 1 aromatic carbocycles. The van der Waals surface area contributed by atoms with Gasteiger partial charge in [0.05, 0.1) is 6.26 Å². The van der Waals surface area contributed by atoms with Gasteiger partial charge < -0.3 is 14.8 Å². The molecule has 1 aromatic heterocycles. The number of nitrogens with one attached hydrogen (secondary N) is 1. The molecule has 0 saturated heterocycles. The zero-order valence-electron chi connectivity index (χ0n) is 8.37. The molecule has 0 aliphatic carbocycles. The molecule has 0 bridgehead atoms. The molecule has 1 heterocycles. The van der Waals surface area contributed by atoms with Crippen LogP contribution in [-0.2, 0) is 6.42 Å². The second-order valence-electron chi connectivity index (χ2n) is 3.38. The zero-order chi connectivity index (χ0) is 11.5. The van der Waals surface area contributed by atoms with Crippen molar-refractivity contribution in [2.24, 2.45) is 0 Å². The third-order valence-corrected chi connectivity index (χ3v) is 2.96. The number of amides is 1. The maximum absolute atomic E-state index is 10.3. The number of rotatable bonds is 3. The lowest BCUT2D eigenvalue weighted by atomic mass is 10.1. The Bertz CT molecular complexity index is 521. The van der Waals surface area contributed by atoms with Gasteiger partial charge in [-0.05, 0) is 52.8 Å². The van der Waals surface area contributed by atoms with E-state index in [0.717, 1.165) is 20.1 Å². The summed E-state index contributed by atoms with van der Waals surface area (Å²) in [4.78, 5) is 10.3. The molecule has 5 heteroatoms. The normalized spacial score (nSPS) is 10.6. The van der Waals surface area contributed by atoms with Crippen molar-refractivity contribution in [1.82, 2.24) is 5.32 Å². The van der Waals surface area contributed by atoms with Gasteiger partial charge in [-0.1, -0.05) is 0 Å². The van der Waals surface area contributed by atoms with Crippen LogP contribution in [0.15, 0.2) is 28.9 Å². The second kappa shape index (κ2) is 4.73. The first kappa shape index (κ1) is 11.3. The van der Waals surface area contributed by atoms with E-state index in [2.05, 4.69) is 27.9 Å². The summed E-state index contributed by atoms with van der Waals surface area (Å²) in [7, 11) is 0. The predicted octanol–water partition coefficient (Wildman–Crippen LogP) is 2.85. The van der Waals surface area contributed by atoms with Crippen LogP contribution in [0.5, 0.6) is 0 Å². The Morgan fingerprint density at radius 3 is 3.06 bits per heavy atom. The monoisotopic (exact) mass is 331 g/mol. The number of halogens is 1. The van der Waals surface area contributed by atoms with Crippen molar-refractivity contribution >= 4 is 39.7 Å². The molecule has 2 N–H and O–H groups in total. The molecule has 0 unspecified atom stereocenters. The van der Waals surface area contributed by atoms with Crippen LogP contribution >= 0.6 is 22.6 Å². The van der Waals surface area contributed by atoms with Crippen LogP contribution in [-0.4, -0.2) is 17.7 Å². The minimum absolute atomic E-state index is 0.399. The number of hydrogen-bond donors (Lipinski definition) is 2. The fraction of sp³-hybridized carbons (Fsp3) is 0.182. The lowest BCUT2D eigenvalue weighted by Crippen LogP contribution is -2.23. The summed E-state index contributed by atoms with van der Waals surface area (Å²) >= 11 is 2.22. The summed E-state index contributed by atoms with van der Waals surface area (Å²) in [5.74, 6) is 0. The SMILES string of the molecule is O=C(O)NCCc1coc2cc(I)ccc12. The summed E-state index contributed by atoms with van der Waals surface area (Å²) in [6, 6.07) is 5.97. The fourth-order valence-electron chi connectivity index (χ4n) is 1.55. The van der Waals surface area contributed by atoms with E-state index >= 15 is 0 Å². The van der Waals surface area contributed by atoms with E-state index in [1.165, 1.54) is 0 Å². The first-order valence-electron chi connectivity index (χ1n) is 4.79. The van der Waals surface area contributed by atoms with Gasteiger partial charge >= 0.3 is 6.09 Å². The van der Waals surface area contributed by atoms with Crippen LogP contribution < -0.4 is 5.32 Å². The van der Waals surface area contributed by atoms with Gasteiger partial charge in [-0.2, -0.15) is 0 Å². The molecule has 0 atom stereocenters. The molecule has 0 aliphatic heterocycles. The van der Waals surface area contributed by atoms with Gasteiger partial charge in [0.25, 0.3) is 0 Å². The van der Waals surface area contributed by atoms with Crippen LogP contribution in [0, 0.1) is 3.57 Å². The summed E-state index contributed by atoms with van der Waals surface area (Å²) in [5.41, 5.74) is 1.87. The Balaban J connectivity index is 2.15. The molecule has 16 heavy (non-hydrogen) atoms. The van der Waals surface area contributed by atoms with Gasteiger partial charge in [0, 0.05) is 15.5 Å². The highest BCUT2D eigenvalue weighted by Crippen LogP contribution is 2.23. The van der Waals surface area contributed by atoms with Crippen molar-refractivity contribution in [2.45, 2.75) is 6.42 Å². The number of carboxylic acid groups (broad SMARTS) is 1. The topological polar surface area (TPSA) is 62.5 Å². The van der Waals surface area contributed by atoms with Gasteiger partial charge in [0.1, 0.15) is 5.58 Å². The van der Waals surface area contributed by atoms with Gasteiger partial charge in [0.2, 0.25) is 0 Å². The van der Waals surface area contributed by atoms with Crippen LogP contribution in [0.25, 0.3) is 11.0 Å². The highest BCUT2D eigenvalue weighted by molar-refractivity contribution is 14.1. The molecule has 2 rings (SSSR count). The fourth-order valence-corrected chi connectivity index (χ4v) is 2.02. The van der Waals surface area contributed by atoms with Crippen molar-refractivity contribution in [3.05, 3.63) is 33.6 Å². The van der Waals surface area contributed by atoms with E-state index in [1.54, 1.807) is 6.26 Å². The maximum atomic E-state index is 10.3. The molecule has 84 valence electrons. The third kappa shape index (κ3) is 2.46. The highest BCUT2D eigenvalue weighted by Gasteiger charge is 2.06. The molecule has 1 amide bonds. The number of hydrogen-bond acceptors (Lipinski definition) is 2. The first-order chi connectivity index (χ1) is 7.66. The Morgan fingerprint density at radius 2 is 2.31 bits per heavy atom. The molecule has 0 spiro atoms. The average Bonchev–Trinajstić information content (AvgIpc) is 2.60. The third-order valence-electron chi connectivity index (χ3n) is 2.29. The van der Waals surface area contributed by atoms with Crippen LogP contribution in [0.1, 0.15) is 5.56 Å². The number of fused-ring (bicyclic) bond motifs is 1. The second-order valence-corrected chi connectivity index (χ2v) is 4.63. The molecule has 2 aromatic rings. The lowest BCUT2D eigenvalue weighted by molar-refractivity contribution is 0.194. The minimum atomic E-state index is -0.998. The van der Waals surface area contributed by atoms with Crippen molar-refractivity contribution in [2.75, 3.05) is 6.54 Å². The number of furan rings is 1. The van der Waals surface area contributed by atoms with Gasteiger partial charge in [-0.3, -0.25) is 0 Å². The van der Waals surface area contributed by atoms with Crippen molar-refractivity contribution in [3.63, 3.8) is 0 Å². The number of carbonyl (C=O) groups is 1.